The van der Waals surface area contributed by atoms with Crippen LogP contribution in [0.1, 0.15) is 17.1 Å². The molecular weight excluding hydrogens is 124 g/mol. The normalized spacial score (nSPS) is 9.80. The highest BCUT2D eigenvalue weighted by molar-refractivity contribution is 5.21. The minimum absolute atomic E-state index is 0.906. The molecule has 0 saturated carbocycles. The van der Waals surface area contributed by atoms with E-state index in [1.54, 1.807) is 0 Å². The zero-order valence-electron chi connectivity index (χ0n) is 6.48. The monoisotopic (exact) mass is 136 g/mol. The second-order valence-corrected chi connectivity index (χ2v) is 2.43. The summed E-state index contributed by atoms with van der Waals surface area (Å²) >= 11 is 0. The third-order valence-corrected chi connectivity index (χ3v) is 1.51. The summed E-state index contributed by atoms with van der Waals surface area (Å²) in [6.07, 6.45) is 2.79. The highest BCUT2D eigenvalue weighted by Crippen LogP contribution is 2.13. The maximum Gasteiger partial charge on any atom is 0.104 e. The van der Waals surface area contributed by atoms with Crippen LogP contribution in [0.5, 0.6) is 0 Å². The molecule has 0 aromatic carbocycles. The standard InChI is InChI=1S/C9H12O/c1-4-5-9-6-7(2)10-8(9)3/h4,6H,1,5H2,2-3H3. The molecule has 0 N–H and O–H groups in total. The molecule has 1 nitrogen and oxygen atoms in total. The molecule has 0 radical (unpaired) electrons. The first-order valence-corrected chi connectivity index (χ1v) is 3.41. The summed E-state index contributed by atoms with van der Waals surface area (Å²) < 4.78 is 5.32. The molecule has 10 heavy (non-hydrogen) atoms. The molecule has 0 amide bonds. The van der Waals surface area contributed by atoms with Crippen molar-refractivity contribution in [1.82, 2.24) is 0 Å². The Morgan fingerprint density at radius 2 is 2.30 bits per heavy atom. The van der Waals surface area contributed by atoms with Crippen molar-refractivity contribution in [2.24, 2.45) is 0 Å². The Morgan fingerprint density at radius 1 is 1.60 bits per heavy atom. The Labute approximate surface area is 61.4 Å². The minimum atomic E-state index is 0.906. The van der Waals surface area contributed by atoms with Gasteiger partial charge in [-0.2, -0.15) is 0 Å². The fraction of sp³-hybridized carbons (Fsp3) is 0.333. The molecule has 0 aliphatic rings. The number of aryl methyl sites for hydroxylation is 2. The van der Waals surface area contributed by atoms with E-state index in [-0.39, 0.29) is 0 Å². The number of allylic oxidation sites excluding steroid dienone is 1. The Balaban J connectivity index is 2.91. The Hall–Kier alpha value is -0.980. The van der Waals surface area contributed by atoms with Crippen molar-refractivity contribution in [3.05, 3.63) is 35.8 Å². The summed E-state index contributed by atoms with van der Waals surface area (Å²) in [6.45, 7) is 7.60. The van der Waals surface area contributed by atoms with E-state index in [0.717, 1.165) is 17.9 Å². The smallest absolute Gasteiger partial charge is 0.104 e. The van der Waals surface area contributed by atoms with E-state index in [1.807, 2.05) is 19.9 Å². The van der Waals surface area contributed by atoms with Gasteiger partial charge in [0.05, 0.1) is 0 Å². The quantitative estimate of drug-likeness (QED) is 0.569. The molecule has 0 saturated heterocycles. The summed E-state index contributed by atoms with van der Waals surface area (Å²) in [7, 11) is 0. The summed E-state index contributed by atoms with van der Waals surface area (Å²) in [5.41, 5.74) is 1.24. The average Bonchev–Trinajstić information content (AvgIpc) is 2.13. The Kier molecular flexibility index (Phi) is 1.95. The van der Waals surface area contributed by atoms with Gasteiger partial charge < -0.3 is 4.42 Å². The van der Waals surface area contributed by atoms with Gasteiger partial charge in [0.15, 0.2) is 0 Å². The van der Waals surface area contributed by atoms with Gasteiger partial charge in [0.1, 0.15) is 11.5 Å². The van der Waals surface area contributed by atoms with Crippen molar-refractivity contribution in [3.63, 3.8) is 0 Å². The molecule has 0 atom stereocenters. The van der Waals surface area contributed by atoms with Gasteiger partial charge in [-0.1, -0.05) is 6.08 Å². The molecule has 0 aliphatic carbocycles. The van der Waals surface area contributed by atoms with Crippen molar-refractivity contribution in [2.45, 2.75) is 20.3 Å². The summed E-state index contributed by atoms with van der Waals surface area (Å²) in [4.78, 5) is 0. The molecule has 1 rings (SSSR count). The first-order valence-electron chi connectivity index (χ1n) is 3.41. The van der Waals surface area contributed by atoms with E-state index in [4.69, 9.17) is 4.42 Å². The zero-order chi connectivity index (χ0) is 7.56. The average molecular weight is 136 g/mol. The lowest BCUT2D eigenvalue weighted by molar-refractivity contribution is 0.502. The highest BCUT2D eigenvalue weighted by Gasteiger charge is 2.00. The van der Waals surface area contributed by atoms with Gasteiger partial charge in [-0.3, -0.25) is 0 Å². The van der Waals surface area contributed by atoms with Crippen LogP contribution in [0.3, 0.4) is 0 Å². The molecule has 0 fully saturated rings. The maximum atomic E-state index is 5.32. The number of rotatable bonds is 2. The van der Waals surface area contributed by atoms with Crippen LogP contribution >= 0.6 is 0 Å². The molecule has 54 valence electrons. The molecular formula is C9H12O. The van der Waals surface area contributed by atoms with Crippen LogP contribution in [-0.2, 0) is 6.42 Å². The largest absolute Gasteiger partial charge is 0.466 e. The van der Waals surface area contributed by atoms with Crippen LogP contribution in [0, 0.1) is 13.8 Å². The first kappa shape index (κ1) is 7.13. The molecule has 0 unspecified atom stereocenters. The molecule has 0 spiro atoms. The van der Waals surface area contributed by atoms with Crippen LogP contribution in [0.4, 0.5) is 0 Å². The van der Waals surface area contributed by atoms with Crippen LogP contribution in [0.2, 0.25) is 0 Å². The van der Waals surface area contributed by atoms with Crippen molar-refractivity contribution in [3.8, 4) is 0 Å². The van der Waals surface area contributed by atoms with Crippen LogP contribution in [-0.4, -0.2) is 0 Å². The van der Waals surface area contributed by atoms with Gasteiger partial charge in [-0.25, -0.2) is 0 Å². The number of hydrogen-bond acceptors (Lipinski definition) is 1. The fourth-order valence-corrected chi connectivity index (χ4v) is 1.04. The molecule has 1 heterocycles. The molecule has 0 aliphatic heterocycles. The summed E-state index contributed by atoms with van der Waals surface area (Å²) in [6, 6.07) is 2.05. The van der Waals surface area contributed by atoms with E-state index in [9.17, 15) is 0 Å². The van der Waals surface area contributed by atoms with Crippen LogP contribution in [0.25, 0.3) is 0 Å². The van der Waals surface area contributed by atoms with Crippen LogP contribution < -0.4 is 0 Å². The number of hydrogen-bond donors (Lipinski definition) is 0. The van der Waals surface area contributed by atoms with Gasteiger partial charge in [0.25, 0.3) is 0 Å². The zero-order valence-corrected chi connectivity index (χ0v) is 6.48. The summed E-state index contributed by atoms with van der Waals surface area (Å²) in [5.74, 6) is 1.99. The van der Waals surface area contributed by atoms with E-state index >= 15 is 0 Å². The second kappa shape index (κ2) is 2.74. The van der Waals surface area contributed by atoms with Crippen molar-refractivity contribution < 1.29 is 4.42 Å². The van der Waals surface area contributed by atoms with E-state index in [1.165, 1.54) is 5.56 Å². The highest BCUT2D eigenvalue weighted by atomic mass is 16.3. The Bertz CT molecular complexity index is 233. The maximum absolute atomic E-state index is 5.32. The lowest BCUT2D eigenvalue weighted by Gasteiger charge is -1.88. The fourth-order valence-electron chi connectivity index (χ4n) is 1.04. The minimum Gasteiger partial charge on any atom is -0.466 e. The lowest BCUT2D eigenvalue weighted by atomic mass is 10.2. The second-order valence-electron chi connectivity index (χ2n) is 2.43. The van der Waals surface area contributed by atoms with Crippen LogP contribution in [0.15, 0.2) is 23.1 Å². The number of furan rings is 1. The first-order chi connectivity index (χ1) is 4.74. The SMILES string of the molecule is C=CCc1cc(C)oc1C. The van der Waals surface area contributed by atoms with Crippen molar-refractivity contribution in [1.29, 1.82) is 0 Å². The van der Waals surface area contributed by atoms with E-state index < -0.39 is 0 Å². The van der Waals surface area contributed by atoms with Crippen molar-refractivity contribution >= 4 is 0 Å². The third kappa shape index (κ3) is 1.29. The topological polar surface area (TPSA) is 13.1 Å². The Morgan fingerprint density at radius 3 is 2.70 bits per heavy atom. The molecule has 1 heteroatoms. The van der Waals surface area contributed by atoms with Crippen molar-refractivity contribution in [2.75, 3.05) is 0 Å². The summed E-state index contributed by atoms with van der Waals surface area (Å²) in [5, 5.41) is 0. The molecule has 0 bridgehead atoms. The third-order valence-electron chi connectivity index (χ3n) is 1.51. The lowest BCUT2D eigenvalue weighted by Crippen LogP contribution is -1.77. The van der Waals surface area contributed by atoms with Gasteiger partial charge >= 0.3 is 0 Å². The molecule has 1 aromatic rings. The molecule has 1 aromatic heterocycles. The van der Waals surface area contributed by atoms with Gasteiger partial charge in [-0.15, -0.1) is 6.58 Å². The van der Waals surface area contributed by atoms with Gasteiger partial charge in [0, 0.05) is 0 Å². The van der Waals surface area contributed by atoms with Gasteiger partial charge in [0.2, 0.25) is 0 Å². The predicted octanol–water partition coefficient (Wildman–Crippen LogP) is 2.62. The predicted molar refractivity (Wildman–Crippen MR) is 42.1 cm³/mol. The van der Waals surface area contributed by atoms with Gasteiger partial charge in [-0.05, 0) is 31.9 Å². The van der Waals surface area contributed by atoms with E-state index in [0.29, 0.717) is 0 Å². The van der Waals surface area contributed by atoms with E-state index in [2.05, 4.69) is 12.6 Å².